The van der Waals surface area contributed by atoms with E-state index in [4.69, 9.17) is 4.74 Å². The van der Waals surface area contributed by atoms with Crippen LogP contribution in [0.3, 0.4) is 0 Å². The van der Waals surface area contributed by atoms with Crippen LogP contribution in [0.2, 0.25) is 0 Å². The van der Waals surface area contributed by atoms with Crippen LogP contribution < -0.4 is 14.4 Å². The van der Waals surface area contributed by atoms with E-state index in [1.54, 1.807) is 0 Å². The molecule has 0 atom stereocenters. The highest BCUT2D eigenvalue weighted by Gasteiger charge is 2.30. The number of sulfonamides is 1. The minimum Gasteiger partial charge on any atom is -0.495 e. The minimum atomic E-state index is -4.24. The first kappa shape index (κ1) is 18.8. The number of halogens is 1. The topological polar surface area (TPSA) is 92.8 Å². The summed E-state index contributed by atoms with van der Waals surface area (Å²) in [6.07, 6.45) is 0.866. The molecule has 142 valence electrons. The molecule has 0 spiro atoms. The molecular formula is C18H17FN2O5S. The quantitative estimate of drug-likeness (QED) is 0.790. The average molecular weight is 392 g/mol. The molecule has 1 aliphatic heterocycles. The number of hydrogen-bond donors (Lipinski definition) is 1. The summed E-state index contributed by atoms with van der Waals surface area (Å²) in [5.41, 5.74) is -0.102. The van der Waals surface area contributed by atoms with Crippen molar-refractivity contribution in [3.8, 4) is 5.75 Å². The number of amides is 2. The van der Waals surface area contributed by atoms with Crippen LogP contribution in [0.25, 0.3) is 0 Å². The minimum absolute atomic E-state index is 0.000466. The first-order chi connectivity index (χ1) is 12.8. The Labute approximate surface area is 155 Å². The molecule has 1 heterocycles. The van der Waals surface area contributed by atoms with Crippen molar-refractivity contribution in [3.05, 3.63) is 48.3 Å². The second-order valence-corrected chi connectivity index (χ2v) is 7.55. The van der Waals surface area contributed by atoms with Gasteiger partial charge in [0.1, 0.15) is 16.5 Å². The number of carbonyl (C=O) groups excluding carboxylic acids is 2. The van der Waals surface area contributed by atoms with Gasteiger partial charge in [-0.1, -0.05) is 12.1 Å². The maximum absolute atomic E-state index is 13.8. The molecular weight excluding hydrogens is 375 g/mol. The van der Waals surface area contributed by atoms with Crippen molar-refractivity contribution in [2.24, 2.45) is 0 Å². The van der Waals surface area contributed by atoms with Crippen LogP contribution in [0.4, 0.5) is 15.8 Å². The molecule has 0 saturated carbocycles. The number of carbonyl (C=O) groups is 2. The zero-order valence-electron chi connectivity index (χ0n) is 14.4. The monoisotopic (exact) mass is 392 g/mol. The van der Waals surface area contributed by atoms with Crippen LogP contribution in [0.15, 0.2) is 47.4 Å². The van der Waals surface area contributed by atoms with Gasteiger partial charge in [0, 0.05) is 12.8 Å². The fourth-order valence-electron chi connectivity index (χ4n) is 2.80. The van der Waals surface area contributed by atoms with Gasteiger partial charge in [0.25, 0.3) is 10.0 Å². The molecule has 27 heavy (non-hydrogen) atoms. The Balaban J connectivity index is 2.04. The maximum atomic E-state index is 13.8. The molecule has 2 aromatic rings. The number of rotatable bonds is 5. The summed E-state index contributed by atoms with van der Waals surface area (Å²) in [5, 5.41) is 0. The van der Waals surface area contributed by atoms with Crippen LogP contribution in [-0.4, -0.2) is 27.3 Å². The second kappa shape index (κ2) is 7.36. The molecule has 3 rings (SSSR count). The zero-order chi connectivity index (χ0) is 19.6. The number of benzene rings is 2. The standard InChI is InChI=1S/C18H17FN2O5S/c1-26-15-10-9-12(21-17(22)7-4-8-18(21)23)11-16(15)27(24,25)20-14-6-3-2-5-13(14)19/h2-3,5-6,9-11,20H,4,7-8H2,1H3. The Morgan fingerprint density at radius 2 is 1.74 bits per heavy atom. The van der Waals surface area contributed by atoms with E-state index in [0.717, 1.165) is 11.0 Å². The zero-order valence-corrected chi connectivity index (χ0v) is 15.3. The van der Waals surface area contributed by atoms with Gasteiger partial charge in [-0.15, -0.1) is 0 Å². The van der Waals surface area contributed by atoms with Gasteiger partial charge in [-0.05, 0) is 36.8 Å². The third-order valence-corrected chi connectivity index (χ3v) is 5.48. The second-order valence-electron chi connectivity index (χ2n) is 5.90. The van der Waals surface area contributed by atoms with Crippen molar-refractivity contribution in [2.45, 2.75) is 24.2 Å². The van der Waals surface area contributed by atoms with E-state index in [1.165, 1.54) is 43.5 Å². The molecule has 1 saturated heterocycles. The number of piperidine rings is 1. The highest BCUT2D eigenvalue weighted by Crippen LogP contribution is 2.32. The van der Waals surface area contributed by atoms with Gasteiger partial charge >= 0.3 is 0 Å². The first-order valence-electron chi connectivity index (χ1n) is 8.14. The fraction of sp³-hybridized carbons (Fsp3) is 0.222. The molecule has 0 aromatic heterocycles. The molecule has 7 nitrogen and oxygen atoms in total. The summed E-state index contributed by atoms with van der Waals surface area (Å²) in [5.74, 6) is -1.54. The van der Waals surface area contributed by atoms with Gasteiger partial charge in [-0.3, -0.25) is 19.2 Å². The summed E-state index contributed by atoms with van der Waals surface area (Å²) >= 11 is 0. The van der Waals surface area contributed by atoms with Crippen molar-refractivity contribution in [2.75, 3.05) is 16.7 Å². The number of nitrogens with one attached hydrogen (secondary N) is 1. The van der Waals surface area contributed by atoms with Gasteiger partial charge in [-0.25, -0.2) is 12.8 Å². The number of nitrogens with zero attached hydrogens (tertiary/aromatic N) is 1. The van der Waals surface area contributed by atoms with E-state index in [9.17, 15) is 22.4 Å². The SMILES string of the molecule is COc1ccc(N2C(=O)CCCC2=O)cc1S(=O)(=O)Nc1ccccc1F. The van der Waals surface area contributed by atoms with E-state index in [1.807, 2.05) is 0 Å². The molecule has 1 N–H and O–H groups in total. The first-order valence-corrected chi connectivity index (χ1v) is 9.63. The highest BCUT2D eigenvalue weighted by molar-refractivity contribution is 7.92. The lowest BCUT2D eigenvalue weighted by Gasteiger charge is -2.25. The fourth-order valence-corrected chi connectivity index (χ4v) is 4.06. The lowest BCUT2D eigenvalue weighted by atomic mass is 10.1. The van der Waals surface area contributed by atoms with E-state index >= 15 is 0 Å². The van der Waals surface area contributed by atoms with E-state index in [2.05, 4.69) is 4.72 Å². The van der Waals surface area contributed by atoms with E-state index < -0.39 is 27.7 Å². The van der Waals surface area contributed by atoms with Crippen LogP contribution in [0.1, 0.15) is 19.3 Å². The number of methoxy groups -OCH3 is 1. The normalized spacial score (nSPS) is 15.0. The predicted octanol–water partition coefficient (Wildman–Crippen LogP) is 2.68. The van der Waals surface area contributed by atoms with Gasteiger partial charge in [0.05, 0.1) is 18.5 Å². The van der Waals surface area contributed by atoms with Crippen LogP contribution >= 0.6 is 0 Å². The van der Waals surface area contributed by atoms with Gasteiger partial charge in [0.2, 0.25) is 11.8 Å². The van der Waals surface area contributed by atoms with Crippen LogP contribution in [0.5, 0.6) is 5.75 Å². The Morgan fingerprint density at radius 1 is 1.07 bits per heavy atom. The van der Waals surface area contributed by atoms with E-state index in [0.29, 0.717) is 6.42 Å². The Bertz CT molecular complexity index is 991. The van der Waals surface area contributed by atoms with Crippen molar-refractivity contribution >= 4 is 33.2 Å². The van der Waals surface area contributed by atoms with Crippen molar-refractivity contribution in [1.29, 1.82) is 0 Å². The van der Waals surface area contributed by atoms with Gasteiger partial charge < -0.3 is 4.74 Å². The molecule has 2 amide bonds. The summed E-state index contributed by atoms with van der Waals surface area (Å²) in [6.45, 7) is 0. The molecule has 0 unspecified atom stereocenters. The van der Waals surface area contributed by atoms with Crippen molar-refractivity contribution in [1.82, 2.24) is 0 Å². The smallest absolute Gasteiger partial charge is 0.265 e. The molecule has 2 aromatic carbocycles. The Morgan fingerprint density at radius 3 is 2.37 bits per heavy atom. The number of para-hydroxylation sites is 1. The predicted molar refractivity (Wildman–Crippen MR) is 96.5 cm³/mol. The molecule has 0 radical (unpaired) electrons. The third kappa shape index (κ3) is 3.77. The number of anilines is 2. The molecule has 0 bridgehead atoms. The summed E-state index contributed by atoms with van der Waals surface area (Å²) in [7, 11) is -2.95. The van der Waals surface area contributed by atoms with Gasteiger partial charge in [0.15, 0.2) is 0 Å². The van der Waals surface area contributed by atoms with Gasteiger partial charge in [-0.2, -0.15) is 0 Å². The van der Waals surface area contributed by atoms with Crippen LogP contribution in [0, 0.1) is 5.82 Å². The Kier molecular flexibility index (Phi) is 5.13. The highest BCUT2D eigenvalue weighted by atomic mass is 32.2. The number of hydrogen-bond acceptors (Lipinski definition) is 5. The maximum Gasteiger partial charge on any atom is 0.265 e. The third-order valence-electron chi connectivity index (χ3n) is 4.09. The summed E-state index contributed by atoms with van der Waals surface area (Å²) in [6, 6.07) is 9.27. The molecule has 0 aliphatic carbocycles. The largest absolute Gasteiger partial charge is 0.495 e. The average Bonchev–Trinajstić information content (AvgIpc) is 2.63. The molecule has 9 heteroatoms. The number of imide groups is 1. The van der Waals surface area contributed by atoms with Crippen molar-refractivity contribution in [3.63, 3.8) is 0 Å². The number of ether oxygens (including phenoxy) is 1. The molecule has 1 aliphatic rings. The van der Waals surface area contributed by atoms with Crippen LogP contribution in [-0.2, 0) is 19.6 Å². The summed E-state index contributed by atoms with van der Waals surface area (Å²) in [4.78, 5) is 24.9. The lowest BCUT2D eigenvalue weighted by molar-refractivity contribution is -0.129. The Hall–Kier alpha value is -2.94. The van der Waals surface area contributed by atoms with Crippen molar-refractivity contribution < 1.29 is 27.1 Å². The lowest BCUT2D eigenvalue weighted by Crippen LogP contribution is -2.40. The summed E-state index contributed by atoms with van der Waals surface area (Å²) < 4.78 is 46.7. The van der Waals surface area contributed by atoms with E-state index in [-0.39, 0.29) is 34.9 Å². The molecule has 1 fully saturated rings.